The molecule has 3 rings (SSSR count). The molecule has 1 aromatic carbocycles. The van der Waals surface area contributed by atoms with Gasteiger partial charge in [0.2, 0.25) is 0 Å². The molecule has 1 saturated carbocycles. The number of fused-ring (bicyclic) bond motifs is 1. The summed E-state index contributed by atoms with van der Waals surface area (Å²) in [7, 11) is 0. The normalized spacial score (nSPS) is 29.7. The van der Waals surface area contributed by atoms with Crippen molar-refractivity contribution in [3.63, 3.8) is 0 Å². The zero-order chi connectivity index (χ0) is 13.2. The van der Waals surface area contributed by atoms with E-state index < -0.39 is 0 Å². The van der Waals surface area contributed by atoms with Crippen LogP contribution >= 0.6 is 0 Å². The molecule has 1 aromatic rings. The fourth-order valence-electron chi connectivity index (χ4n) is 4.02. The third kappa shape index (κ3) is 2.61. The Hall–Kier alpha value is -1.11. The molecule has 19 heavy (non-hydrogen) atoms. The van der Waals surface area contributed by atoms with Crippen LogP contribution in [0, 0.1) is 11.8 Å². The Morgan fingerprint density at radius 2 is 2.05 bits per heavy atom. The maximum Gasteiger partial charge on any atom is 0.136 e. The fraction of sp³-hybridized carbons (Fsp3) is 0.611. The number of Topliss-reactive ketones (excluding diaryl/α,β-unsaturated/α-hetero) is 1. The smallest absolute Gasteiger partial charge is 0.136 e. The number of ketones is 1. The zero-order valence-corrected chi connectivity index (χ0v) is 11.9. The van der Waals surface area contributed by atoms with E-state index in [9.17, 15) is 4.79 Å². The first-order valence-corrected chi connectivity index (χ1v) is 7.88. The summed E-state index contributed by atoms with van der Waals surface area (Å²) >= 11 is 0. The minimum Gasteiger partial charge on any atom is -0.299 e. The lowest BCUT2D eigenvalue weighted by Crippen LogP contribution is -2.29. The van der Waals surface area contributed by atoms with Gasteiger partial charge in [0.1, 0.15) is 5.78 Å². The summed E-state index contributed by atoms with van der Waals surface area (Å²) in [6, 6.07) is 8.74. The number of hydrogen-bond donors (Lipinski definition) is 0. The van der Waals surface area contributed by atoms with Gasteiger partial charge in [-0.2, -0.15) is 0 Å². The molecule has 102 valence electrons. The number of hydrogen-bond acceptors (Lipinski definition) is 1. The van der Waals surface area contributed by atoms with Gasteiger partial charge in [0.25, 0.3) is 0 Å². The molecule has 0 N–H and O–H groups in total. The van der Waals surface area contributed by atoms with Crippen molar-refractivity contribution in [1.82, 2.24) is 0 Å². The van der Waals surface area contributed by atoms with E-state index in [4.69, 9.17) is 0 Å². The summed E-state index contributed by atoms with van der Waals surface area (Å²) in [6.45, 7) is 2.26. The third-order valence-electron chi connectivity index (χ3n) is 5.10. The second kappa shape index (κ2) is 5.48. The van der Waals surface area contributed by atoms with E-state index in [1.165, 1.54) is 30.4 Å². The predicted octanol–water partition coefficient (Wildman–Crippen LogP) is 4.50. The molecule has 1 fully saturated rings. The Morgan fingerprint density at radius 3 is 2.84 bits per heavy atom. The minimum atomic E-state index is 0.351. The molecule has 0 aliphatic heterocycles. The van der Waals surface area contributed by atoms with Crippen molar-refractivity contribution in [2.45, 2.75) is 57.8 Å². The van der Waals surface area contributed by atoms with Gasteiger partial charge in [0.15, 0.2) is 0 Å². The molecule has 3 atom stereocenters. The molecule has 2 aliphatic carbocycles. The quantitative estimate of drug-likeness (QED) is 0.775. The van der Waals surface area contributed by atoms with Crippen LogP contribution in [-0.2, 0) is 11.2 Å². The predicted molar refractivity (Wildman–Crippen MR) is 78.3 cm³/mol. The second-order valence-corrected chi connectivity index (χ2v) is 6.43. The molecule has 0 radical (unpaired) electrons. The monoisotopic (exact) mass is 256 g/mol. The standard InChI is InChI=1S/C18H24O/c1-2-5-13-8-9-18(19)16(10-13)12-15-11-14-6-3-4-7-17(14)15/h3-4,6-7,13,15-16H,2,5,8-12H2,1H3. The first kappa shape index (κ1) is 12.9. The van der Waals surface area contributed by atoms with Crippen molar-refractivity contribution >= 4 is 5.78 Å². The van der Waals surface area contributed by atoms with E-state index >= 15 is 0 Å². The van der Waals surface area contributed by atoms with Gasteiger partial charge in [-0.05, 0) is 48.6 Å². The Balaban J connectivity index is 1.62. The highest BCUT2D eigenvalue weighted by atomic mass is 16.1. The first-order chi connectivity index (χ1) is 9.28. The maximum absolute atomic E-state index is 12.1. The Morgan fingerprint density at radius 1 is 1.21 bits per heavy atom. The highest BCUT2D eigenvalue weighted by Gasteiger charge is 2.34. The Labute approximate surface area is 116 Å². The van der Waals surface area contributed by atoms with Gasteiger partial charge in [0, 0.05) is 12.3 Å². The third-order valence-corrected chi connectivity index (χ3v) is 5.10. The van der Waals surface area contributed by atoms with Crippen LogP contribution in [0.5, 0.6) is 0 Å². The molecule has 1 heteroatoms. The lowest BCUT2D eigenvalue weighted by atomic mass is 9.68. The highest BCUT2D eigenvalue weighted by molar-refractivity contribution is 5.81. The van der Waals surface area contributed by atoms with Gasteiger partial charge >= 0.3 is 0 Å². The minimum absolute atomic E-state index is 0.351. The fourth-order valence-corrected chi connectivity index (χ4v) is 4.02. The van der Waals surface area contributed by atoms with Crippen LogP contribution in [0.3, 0.4) is 0 Å². The van der Waals surface area contributed by atoms with Gasteiger partial charge in [-0.1, -0.05) is 44.0 Å². The number of rotatable bonds is 4. The Bertz CT molecular complexity index is 463. The lowest BCUT2D eigenvalue weighted by Gasteiger charge is -2.35. The topological polar surface area (TPSA) is 17.1 Å². The number of carbonyl (C=O) groups is 1. The molecular weight excluding hydrogens is 232 g/mol. The summed E-state index contributed by atoms with van der Waals surface area (Å²) in [4.78, 5) is 12.1. The van der Waals surface area contributed by atoms with E-state index in [-0.39, 0.29) is 0 Å². The van der Waals surface area contributed by atoms with E-state index in [0.717, 1.165) is 31.6 Å². The van der Waals surface area contributed by atoms with Crippen LogP contribution < -0.4 is 0 Å². The summed E-state index contributed by atoms with van der Waals surface area (Å²) in [5.41, 5.74) is 3.01. The van der Waals surface area contributed by atoms with Gasteiger partial charge < -0.3 is 0 Å². The molecule has 2 aliphatic rings. The maximum atomic E-state index is 12.1. The van der Waals surface area contributed by atoms with Crippen LogP contribution in [-0.4, -0.2) is 5.78 Å². The molecule has 1 nitrogen and oxygen atoms in total. The van der Waals surface area contributed by atoms with Crippen LogP contribution in [0.1, 0.15) is 62.5 Å². The van der Waals surface area contributed by atoms with Crippen molar-refractivity contribution in [3.05, 3.63) is 35.4 Å². The van der Waals surface area contributed by atoms with Crippen LogP contribution in [0.4, 0.5) is 0 Å². The average Bonchev–Trinajstić information content (AvgIpc) is 2.40. The van der Waals surface area contributed by atoms with Crippen LogP contribution in [0.2, 0.25) is 0 Å². The Kier molecular flexibility index (Phi) is 3.72. The van der Waals surface area contributed by atoms with E-state index in [1.54, 1.807) is 0 Å². The summed E-state index contributed by atoms with van der Waals surface area (Å²) in [5.74, 6) is 2.36. The van der Waals surface area contributed by atoms with Crippen molar-refractivity contribution in [1.29, 1.82) is 0 Å². The molecule has 0 saturated heterocycles. The van der Waals surface area contributed by atoms with Gasteiger partial charge in [0.05, 0.1) is 0 Å². The van der Waals surface area contributed by atoms with E-state index in [1.807, 2.05) is 0 Å². The van der Waals surface area contributed by atoms with Gasteiger partial charge in [-0.25, -0.2) is 0 Å². The average molecular weight is 256 g/mol. The van der Waals surface area contributed by atoms with Crippen LogP contribution in [0.15, 0.2) is 24.3 Å². The molecule has 3 unspecified atom stereocenters. The van der Waals surface area contributed by atoms with Crippen molar-refractivity contribution in [2.24, 2.45) is 11.8 Å². The molecule has 0 heterocycles. The van der Waals surface area contributed by atoms with E-state index in [2.05, 4.69) is 31.2 Å². The largest absolute Gasteiger partial charge is 0.299 e. The van der Waals surface area contributed by atoms with Crippen LogP contribution in [0.25, 0.3) is 0 Å². The first-order valence-electron chi connectivity index (χ1n) is 7.88. The van der Waals surface area contributed by atoms with Gasteiger partial charge in [-0.15, -0.1) is 0 Å². The molecular formula is C18H24O. The molecule has 0 spiro atoms. The van der Waals surface area contributed by atoms with Crippen molar-refractivity contribution in [2.75, 3.05) is 0 Å². The van der Waals surface area contributed by atoms with Gasteiger partial charge in [-0.3, -0.25) is 4.79 Å². The summed E-state index contributed by atoms with van der Waals surface area (Å²) in [6.07, 6.45) is 8.01. The van der Waals surface area contributed by atoms with Crippen molar-refractivity contribution < 1.29 is 4.79 Å². The molecule has 0 amide bonds. The second-order valence-electron chi connectivity index (χ2n) is 6.43. The number of benzene rings is 1. The zero-order valence-electron chi connectivity index (χ0n) is 11.9. The van der Waals surface area contributed by atoms with E-state index in [0.29, 0.717) is 17.6 Å². The summed E-state index contributed by atoms with van der Waals surface area (Å²) in [5, 5.41) is 0. The number of carbonyl (C=O) groups excluding carboxylic acids is 1. The highest BCUT2D eigenvalue weighted by Crippen LogP contribution is 2.42. The molecule has 0 aromatic heterocycles. The van der Waals surface area contributed by atoms with Crippen molar-refractivity contribution in [3.8, 4) is 0 Å². The lowest BCUT2D eigenvalue weighted by molar-refractivity contribution is -0.126. The SMILES string of the molecule is CCCC1CCC(=O)C(CC2Cc3ccccc32)C1. The summed E-state index contributed by atoms with van der Waals surface area (Å²) < 4.78 is 0. The molecule has 0 bridgehead atoms.